The van der Waals surface area contributed by atoms with Crippen LogP contribution in [0.5, 0.6) is 0 Å². The van der Waals surface area contributed by atoms with Gasteiger partial charge in [0.25, 0.3) is 0 Å². The molecule has 0 aliphatic rings. The lowest BCUT2D eigenvalue weighted by Gasteiger charge is -2.17. The zero-order valence-electron chi connectivity index (χ0n) is 12.8. The summed E-state index contributed by atoms with van der Waals surface area (Å²) in [6.45, 7) is 8.49. The highest BCUT2D eigenvalue weighted by Gasteiger charge is 2.20. The fourth-order valence-electron chi connectivity index (χ4n) is 1.45. The SMILES string of the molecule is CCCCCCCCOC(=O)C(=O)OCC(C)(C)C. The summed E-state index contributed by atoms with van der Waals surface area (Å²) in [6.07, 6.45) is 6.68. The van der Waals surface area contributed by atoms with Crippen LogP contribution in [0, 0.1) is 5.41 Å². The summed E-state index contributed by atoms with van der Waals surface area (Å²) in [5.41, 5.74) is -0.144. The van der Waals surface area contributed by atoms with E-state index in [0.29, 0.717) is 6.61 Å². The van der Waals surface area contributed by atoms with Gasteiger partial charge in [-0.05, 0) is 11.8 Å². The molecule has 0 saturated heterocycles. The number of hydrogen-bond acceptors (Lipinski definition) is 4. The normalized spacial score (nSPS) is 11.2. The first-order valence-corrected chi connectivity index (χ1v) is 7.20. The molecule has 0 N–H and O–H groups in total. The summed E-state index contributed by atoms with van der Waals surface area (Å²) in [5.74, 6) is -1.77. The molecule has 0 heterocycles. The van der Waals surface area contributed by atoms with Crippen molar-refractivity contribution in [3.63, 3.8) is 0 Å². The second-order valence-electron chi connectivity index (χ2n) is 6.04. The molecule has 0 bridgehead atoms. The number of rotatable bonds is 8. The van der Waals surface area contributed by atoms with Crippen LogP contribution in [0.15, 0.2) is 0 Å². The van der Waals surface area contributed by atoms with Crippen LogP contribution < -0.4 is 0 Å². The van der Waals surface area contributed by atoms with Crippen molar-refractivity contribution < 1.29 is 19.1 Å². The number of unbranched alkanes of at least 4 members (excludes halogenated alkanes) is 5. The molecule has 0 spiro atoms. The van der Waals surface area contributed by atoms with Crippen molar-refractivity contribution in [2.75, 3.05) is 13.2 Å². The topological polar surface area (TPSA) is 52.6 Å². The van der Waals surface area contributed by atoms with Crippen LogP contribution in [0.3, 0.4) is 0 Å². The van der Waals surface area contributed by atoms with Crippen molar-refractivity contribution in [2.45, 2.75) is 66.2 Å². The summed E-state index contributed by atoms with van der Waals surface area (Å²) in [5, 5.41) is 0. The van der Waals surface area contributed by atoms with Crippen LogP contribution >= 0.6 is 0 Å². The fraction of sp³-hybridized carbons (Fsp3) is 0.867. The maximum Gasteiger partial charge on any atom is 0.417 e. The lowest BCUT2D eigenvalue weighted by molar-refractivity contribution is -0.169. The van der Waals surface area contributed by atoms with Crippen molar-refractivity contribution in [1.82, 2.24) is 0 Å². The van der Waals surface area contributed by atoms with Gasteiger partial charge < -0.3 is 9.47 Å². The molecule has 0 aromatic carbocycles. The molecular formula is C15H28O4. The second-order valence-corrected chi connectivity index (χ2v) is 6.04. The van der Waals surface area contributed by atoms with E-state index in [4.69, 9.17) is 9.47 Å². The molecule has 0 aliphatic carbocycles. The van der Waals surface area contributed by atoms with Gasteiger partial charge in [-0.2, -0.15) is 0 Å². The molecule has 0 amide bonds. The molecule has 112 valence electrons. The van der Waals surface area contributed by atoms with E-state index >= 15 is 0 Å². The van der Waals surface area contributed by atoms with Crippen LogP contribution in [-0.4, -0.2) is 25.2 Å². The van der Waals surface area contributed by atoms with Gasteiger partial charge in [0, 0.05) is 0 Å². The minimum Gasteiger partial charge on any atom is -0.457 e. The molecule has 0 aliphatic heterocycles. The Hall–Kier alpha value is -1.06. The Morgan fingerprint density at radius 1 is 0.842 bits per heavy atom. The Labute approximate surface area is 116 Å². The predicted molar refractivity (Wildman–Crippen MR) is 74.7 cm³/mol. The highest BCUT2D eigenvalue weighted by molar-refractivity contribution is 6.29. The monoisotopic (exact) mass is 272 g/mol. The summed E-state index contributed by atoms with van der Waals surface area (Å²) >= 11 is 0. The van der Waals surface area contributed by atoms with E-state index in [1.54, 1.807) is 0 Å². The lowest BCUT2D eigenvalue weighted by atomic mass is 9.99. The van der Waals surface area contributed by atoms with E-state index in [9.17, 15) is 9.59 Å². The lowest BCUT2D eigenvalue weighted by Crippen LogP contribution is -2.25. The Morgan fingerprint density at radius 3 is 1.95 bits per heavy atom. The van der Waals surface area contributed by atoms with Crippen LogP contribution in [0.2, 0.25) is 0 Å². The molecule has 4 heteroatoms. The van der Waals surface area contributed by atoms with Gasteiger partial charge in [-0.15, -0.1) is 0 Å². The van der Waals surface area contributed by atoms with Gasteiger partial charge in [0.1, 0.15) is 0 Å². The maximum absolute atomic E-state index is 11.3. The standard InChI is InChI=1S/C15H28O4/c1-5-6-7-8-9-10-11-18-13(16)14(17)19-12-15(2,3)4/h5-12H2,1-4H3. The molecule has 0 atom stereocenters. The number of hydrogen-bond donors (Lipinski definition) is 0. The van der Waals surface area contributed by atoms with Gasteiger partial charge in [0.05, 0.1) is 13.2 Å². The first-order chi connectivity index (χ1) is 8.87. The zero-order valence-corrected chi connectivity index (χ0v) is 12.8. The van der Waals surface area contributed by atoms with E-state index in [0.717, 1.165) is 19.3 Å². The third-order valence-electron chi connectivity index (χ3n) is 2.53. The summed E-state index contributed by atoms with van der Waals surface area (Å²) in [7, 11) is 0. The van der Waals surface area contributed by atoms with Crippen molar-refractivity contribution in [3.05, 3.63) is 0 Å². The smallest absolute Gasteiger partial charge is 0.417 e. The Morgan fingerprint density at radius 2 is 1.37 bits per heavy atom. The predicted octanol–water partition coefficient (Wildman–Crippen LogP) is 3.48. The minimum atomic E-state index is -0.888. The van der Waals surface area contributed by atoms with E-state index in [1.807, 2.05) is 20.8 Å². The number of ether oxygens (including phenoxy) is 2. The van der Waals surface area contributed by atoms with E-state index in [1.165, 1.54) is 19.3 Å². The summed E-state index contributed by atoms with van der Waals surface area (Å²) in [6, 6.07) is 0. The number of carbonyl (C=O) groups is 2. The molecule has 0 saturated carbocycles. The fourth-order valence-corrected chi connectivity index (χ4v) is 1.45. The Kier molecular flexibility index (Phi) is 9.27. The van der Waals surface area contributed by atoms with Gasteiger partial charge in [0.15, 0.2) is 0 Å². The van der Waals surface area contributed by atoms with Crippen LogP contribution in [0.25, 0.3) is 0 Å². The van der Waals surface area contributed by atoms with E-state index in [-0.39, 0.29) is 12.0 Å². The molecule has 4 nitrogen and oxygen atoms in total. The third kappa shape index (κ3) is 11.7. The Bertz CT molecular complexity index is 266. The highest BCUT2D eigenvalue weighted by atomic mass is 16.6. The van der Waals surface area contributed by atoms with Gasteiger partial charge in [-0.3, -0.25) is 0 Å². The molecule has 0 aromatic rings. The van der Waals surface area contributed by atoms with Crippen molar-refractivity contribution in [2.24, 2.45) is 5.41 Å². The second kappa shape index (κ2) is 9.82. The molecule has 0 fully saturated rings. The van der Waals surface area contributed by atoms with Gasteiger partial charge in [-0.25, -0.2) is 9.59 Å². The molecular weight excluding hydrogens is 244 g/mol. The average molecular weight is 272 g/mol. The summed E-state index contributed by atoms with van der Waals surface area (Å²) in [4.78, 5) is 22.6. The van der Waals surface area contributed by atoms with Crippen LogP contribution in [0.1, 0.15) is 66.2 Å². The van der Waals surface area contributed by atoms with Crippen LogP contribution in [-0.2, 0) is 19.1 Å². The molecule has 0 rings (SSSR count). The number of carbonyl (C=O) groups excluding carboxylic acids is 2. The maximum atomic E-state index is 11.3. The van der Waals surface area contributed by atoms with Crippen molar-refractivity contribution >= 4 is 11.9 Å². The van der Waals surface area contributed by atoms with Gasteiger partial charge in [0.2, 0.25) is 0 Å². The van der Waals surface area contributed by atoms with Crippen LogP contribution in [0.4, 0.5) is 0 Å². The first kappa shape index (κ1) is 17.9. The van der Waals surface area contributed by atoms with Crippen molar-refractivity contribution in [3.8, 4) is 0 Å². The summed E-state index contributed by atoms with van der Waals surface area (Å²) < 4.78 is 9.73. The molecule has 19 heavy (non-hydrogen) atoms. The van der Waals surface area contributed by atoms with Crippen molar-refractivity contribution in [1.29, 1.82) is 0 Å². The zero-order chi connectivity index (χ0) is 14.7. The minimum absolute atomic E-state index is 0.144. The number of esters is 2. The third-order valence-corrected chi connectivity index (χ3v) is 2.53. The van der Waals surface area contributed by atoms with Gasteiger partial charge in [-0.1, -0.05) is 59.8 Å². The molecule has 0 aromatic heterocycles. The average Bonchev–Trinajstić information content (AvgIpc) is 2.33. The first-order valence-electron chi connectivity index (χ1n) is 7.20. The highest BCUT2D eigenvalue weighted by Crippen LogP contribution is 2.13. The van der Waals surface area contributed by atoms with E-state index < -0.39 is 11.9 Å². The molecule has 0 radical (unpaired) electrons. The Balaban J connectivity index is 3.55. The van der Waals surface area contributed by atoms with Gasteiger partial charge >= 0.3 is 11.9 Å². The molecule has 0 unspecified atom stereocenters. The van der Waals surface area contributed by atoms with E-state index in [2.05, 4.69) is 6.92 Å². The quantitative estimate of drug-likeness (QED) is 0.385. The largest absolute Gasteiger partial charge is 0.457 e.